The van der Waals surface area contributed by atoms with E-state index in [2.05, 4.69) is 25.1 Å². The maximum absolute atomic E-state index is 5.67. The second kappa shape index (κ2) is 5.61. The topological polar surface area (TPSA) is 80.5 Å². The van der Waals surface area contributed by atoms with E-state index in [-0.39, 0.29) is 0 Å². The first-order chi connectivity index (χ1) is 10.9. The van der Waals surface area contributed by atoms with Crippen LogP contribution in [-0.2, 0) is 5.75 Å². The second-order valence-corrected chi connectivity index (χ2v) is 5.51. The Bertz CT molecular complexity index is 869. The molecule has 0 aliphatic rings. The molecule has 0 aliphatic carbocycles. The van der Waals surface area contributed by atoms with Crippen molar-refractivity contribution in [3.8, 4) is 11.4 Å². The van der Waals surface area contributed by atoms with E-state index in [1.807, 2.05) is 36.4 Å². The summed E-state index contributed by atoms with van der Waals surface area (Å²) in [6.07, 6.45) is 3.47. The smallest absolute Gasteiger partial charge is 0.209 e. The van der Waals surface area contributed by atoms with Crippen LogP contribution >= 0.6 is 11.8 Å². The predicted molar refractivity (Wildman–Crippen MR) is 83.2 cm³/mol. The van der Waals surface area contributed by atoms with Crippen molar-refractivity contribution in [3.63, 3.8) is 0 Å². The average molecular weight is 309 g/mol. The first kappa shape index (κ1) is 13.0. The molecule has 3 aromatic heterocycles. The van der Waals surface area contributed by atoms with Gasteiger partial charge in [-0.1, -0.05) is 23.9 Å². The highest BCUT2D eigenvalue weighted by atomic mass is 32.2. The molecule has 0 saturated carbocycles. The Morgan fingerprint density at radius 3 is 2.91 bits per heavy atom. The molecule has 0 atom stereocenters. The van der Waals surface area contributed by atoms with Crippen LogP contribution in [0.25, 0.3) is 22.5 Å². The first-order valence-corrected chi connectivity index (χ1v) is 7.67. The number of fused-ring (bicyclic) bond motifs is 1. The SMILES string of the molecule is c1cncc(-c2nc(SCc3nc4ccccc4o3)n[nH]2)c1. The molecule has 0 unspecified atom stereocenters. The lowest BCUT2D eigenvalue weighted by molar-refractivity contribution is 0.556. The molecule has 0 amide bonds. The van der Waals surface area contributed by atoms with E-state index >= 15 is 0 Å². The monoisotopic (exact) mass is 309 g/mol. The Kier molecular flexibility index (Phi) is 3.32. The van der Waals surface area contributed by atoms with Crippen LogP contribution in [0.1, 0.15) is 5.89 Å². The van der Waals surface area contributed by atoms with Crippen LogP contribution in [0.5, 0.6) is 0 Å². The molecule has 7 heteroatoms. The molecule has 4 rings (SSSR count). The summed E-state index contributed by atoms with van der Waals surface area (Å²) in [7, 11) is 0. The fourth-order valence-electron chi connectivity index (χ4n) is 2.05. The van der Waals surface area contributed by atoms with Gasteiger partial charge in [0.15, 0.2) is 11.4 Å². The standard InChI is InChI=1S/C15H11N5OS/c1-2-6-12-11(5-1)17-13(21-12)9-22-15-18-14(19-20-15)10-4-3-7-16-8-10/h1-8H,9H2,(H,18,19,20). The number of aromatic nitrogens is 5. The molecule has 0 radical (unpaired) electrons. The van der Waals surface area contributed by atoms with Gasteiger partial charge in [0.25, 0.3) is 0 Å². The molecule has 0 spiro atoms. The Hall–Kier alpha value is -2.67. The number of nitrogens with one attached hydrogen (secondary N) is 1. The van der Waals surface area contributed by atoms with Gasteiger partial charge in [0.1, 0.15) is 5.52 Å². The van der Waals surface area contributed by atoms with E-state index in [4.69, 9.17) is 4.42 Å². The largest absolute Gasteiger partial charge is 0.440 e. The van der Waals surface area contributed by atoms with Crippen LogP contribution in [-0.4, -0.2) is 25.1 Å². The maximum atomic E-state index is 5.67. The van der Waals surface area contributed by atoms with E-state index in [1.54, 1.807) is 12.4 Å². The number of pyridine rings is 1. The van der Waals surface area contributed by atoms with Gasteiger partial charge in [0.05, 0.1) is 5.75 Å². The first-order valence-electron chi connectivity index (χ1n) is 6.68. The minimum Gasteiger partial charge on any atom is -0.440 e. The van der Waals surface area contributed by atoms with Gasteiger partial charge in [-0.3, -0.25) is 10.1 Å². The fraction of sp³-hybridized carbons (Fsp3) is 0.0667. The maximum Gasteiger partial charge on any atom is 0.209 e. The van der Waals surface area contributed by atoms with Crippen molar-refractivity contribution in [2.24, 2.45) is 0 Å². The zero-order valence-electron chi connectivity index (χ0n) is 11.4. The van der Waals surface area contributed by atoms with Gasteiger partial charge in [-0.2, -0.15) is 0 Å². The van der Waals surface area contributed by atoms with E-state index in [0.29, 0.717) is 22.6 Å². The summed E-state index contributed by atoms with van der Waals surface area (Å²) in [5.41, 5.74) is 2.57. The van der Waals surface area contributed by atoms with Crippen LogP contribution in [0, 0.1) is 0 Å². The van der Waals surface area contributed by atoms with Gasteiger partial charge in [0, 0.05) is 18.0 Å². The van der Waals surface area contributed by atoms with Crippen molar-refractivity contribution in [2.75, 3.05) is 0 Å². The van der Waals surface area contributed by atoms with Crippen LogP contribution < -0.4 is 0 Å². The summed E-state index contributed by atoms with van der Waals surface area (Å²) in [5, 5.41) is 7.76. The van der Waals surface area contributed by atoms with Crippen LogP contribution in [0.15, 0.2) is 58.4 Å². The summed E-state index contributed by atoms with van der Waals surface area (Å²) in [6.45, 7) is 0. The predicted octanol–water partition coefficient (Wildman–Crippen LogP) is 3.30. The molecule has 108 valence electrons. The van der Waals surface area contributed by atoms with Crippen LogP contribution in [0.3, 0.4) is 0 Å². The zero-order chi connectivity index (χ0) is 14.8. The number of para-hydroxylation sites is 2. The Labute approximate surface area is 130 Å². The molecule has 3 heterocycles. The fourth-order valence-corrected chi connectivity index (χ4v) is 2.69. The quantitative estimate of drug-likeness (QED) is 0.583. The van der Waals surface area contributed by atoms with Gasteiger partial charge in [-0.25, -0.2) is 9.97 Å². The van der Waals surface area contributed by atoms with Gasteiger partial charge >= 0.3 is 0 Å². The number of rotatable bonds is 4. The van der Waals surface area contributed by atoms with E-state index < -0.39 is 0 Å². The number of H-pyrrole nitrogens is 1. The third kappa shape index (κ3) is 2.58. The highest BCUT2D eigenvalue weighted by Crippen LogP contribution is 2.23. The van der Waals surface area contributed by atoms with Crippen molar-refractivity contribution in [1.29, 1.82) is 0 Å². The summed E-state index contributed by atoms with van der Waals surface area (Å²) < 4.78 is 5.67. The highest BCUT2D eigenvalue weighted by Gasteiger charge is 2.09. The lowest BCUT2D eigenvalue weighted by atomic mass is 10.3. The van der Waals surface area contributed by atoms with Gasteiger partial charge < -0.3 is 4.42 Å². The third-order valence-corrected chi connectivity index (χ3v) is 3.89. The lowest BCUT2D eigenvalue weighted by Crippen LogP contribution is -1.82. The number of benzene rings is 1. The Morgan fingerprint density at radius 1 is 1.09 bits per heavy atom. The van der Waals surface area contributed by atoms with Crippen LogP contribution in [0.2, 0.25) is 0 Å². The molecule has 0 bridgehead atoms. The van der Waals surface area contributed by atoms with Crippen molar-refractivity contribution >= 4 is 22.9 Å². The molecule has 22 heavy (non-hydrogen) atoms. The summed E-state index contributed by atoms with van der Waals surface area (Å²) in [6, 6.07) is 11.5. The molecule has 0 saturated heterocycles. The minimum atomic E-state index is 0.582. The number of oxazole rings is 1. The van der Waals surface area contributed by atoms with Crippen molar-refractivity contribution in [2.45, 2.75) is 10.9 Å². The van der Waals surface area contributed by atoms with Crippen molar-refractivity contribution < 1.29 is 4.42 Å². The highest BCUT2D eigenvalue weighted by molar-refractivity contribution is 7.98. The number of thioether (sulfide) groups is 1. The molecule has 0 aliphatic heterocycles. The molecular formula is C15H11N5OS. The third-order valence-electron chi connectivity index (χ3n) is 3.06. The Balaban J connectivity index is 1.49. The zero-order valence-corrected chi connectivity index (χ0v) is 12.2. The van der Waals surface area contributed by atoms with Gasteiger partial charge in [0.2, 0.25) is 11.0 Å². The summed E-state index contributed by atoms with van der Waals surface area (Å²) in [5.74, 6) is 1.95. The average Bonchev–Trinajstić information content (AvgIpc) is 3.20. The second-order valence-electron chi connectivity index (χ2n) is 4.57. The molecule has 6 nitrogen and oxygen atoms in total. The minimum absolute atomic E-state index is 0.582. The lowest BCUT2D eigenvalue weighted by Gasteiger charge is -1.92. The van der Waals surface area contributed by atoms with Crippen LogP contribution in [0.4, 0.5) is 0 Å². The molecule has 4 aromatic rings. The van der Waals surface area contributed by atoms with E-state index in [0.717, 1.165) is 16.7 Å². The Morgan fingerprint density at radius 2 is 2.05 bits per heavy atom. The molecule has 0 fully saturated rings. The molecule has 1 N–H and O–H groups in total. The summed E-state index contributed by atoms with van der Waals surface area (Å²) >= 11 is 1.47. The van der Waals surface area contributed by atoms with E-state index in [1.165, 1.54) is 11.8 Å². The van der Waals surface area contributed by atoms with E-state index in [9.17, 15) is 0 Å². The summed E-state index contributed by atoms with van der Waals surface area (Å²) in [4.78, 5) is 12.9. The molecular weight excluding hydrogens is 298 g/mol. The van der Waals surface area contributed by atoms with Gasteiger partial charge in [-0.15, -0.1) is 5.10 Å². The normalized spacial score (nSPS) is 11.1. The number of hydrogen-bond acceptors (Lipinski definition) is 6. The van der Waals surface area contributed by atoms with Crippen molar-refractivity contribution in [3.05, 3.63) is 54.7 Å². The number of hydrogen-bond donors (Lipinski definition) is 1. The number of nitrogens with zero attached hydrogens (tertiary/aromatic N) is 4. The number of aromatic amines is 1. The molecule has 1 aromatic carbocycles. The van der Waals surface area contributed by atoms with Crippen molar-refractivity contribution in [1.82, 2.24) is 25.1 Å². The van der Waals surface area contributed by atoms with Gasteiger partial charge in [-0.05, 0) is 24.3 Å².